The Kier molecular flexibility index (Phi) is 5.18. The van der Waals surface area contributed by atoms with Crippen LogP contribution in [0.5, 0.6) is 0 Å². The molecule has 2 rings (SSSR count). The normalized spacial score (nSPS) is 16.3. The van der Waals surface area contributed by atoms with Crippen LogP contribution in [0.15, 0.2) is 18.2 Å². The van der Waals surface area contributed by atoms with Gasteiger partial charge in [-0.1, -0.05) is 37.8 Å². The van der Waals surface area contributed by atoms with Crippen molar-refractivity contribution in [2.24, 2.45) is 5.92 Å². The van der Waals surface area contributed by atoms with Crippen LogP contribution in [0.4, 0.5) is 4.39 Å². The summed E-state index contributed by atoms with van der Waals surface area (Å²) in [5.41, 5.74) is 1.91. The van der Waals surface area contributed by atoms with Gasteiger partial charge >= 0.3 is 0 Å². The van der Waals surface area contributed by atoms with Gasteiger partial charge < -0.3 is 5.32 Å². The van der Waals surface area contributed by atoms with E-state index in [4.69, 9.17) is 0 Å². The second kappa shape index (κ2) is 6.89. The molecule has 0 aliphatic heterocycles. The summed E-state index contributed by atoms with van der Waals surface area (Å²) in [5, 5.41) is 3.45. The highest BCUT2D eigenvalue weighted by Gasteiger charge is 2.13. The van der Waals surface area contributed by atoms with E-state index < -0.39 is 0 Å². The second-order valence-corrected chi connectivity index (χ2v) is 5.55. The summed E-state index contributed by atoms with van der Waals surface area (Å²) in [4.78, 5) is 0. The molecule has 1 aromatic carbocycles. The molecule has 0 spiro atoms. The van der Waals surface area contributed by atoms with Gasteiger partial charge in [0.1, 0.15) is 5.82 Å². The molecule has 1 nitrogen and oxygen atoms in total. The maximum Gasteiger partial charge on any atom is 0.126 e. The zero-order chi connectivity index (χ0) is 12.8. The molecule has 2 heteroatoms. The highest BCUT2D eigenvalue weighted by molar-refractivity contribution is 5.23. The fourth-order valence-corrected chi connectivity index (χ4v) is 2.86. The number of nitrogens with one attached hydrogen (secondary N) is 1. The van der Waals surface area contributed by atoms with Crippen LogP contribution in [0.1, 0.15) is 49.7 Å². The molecule has 0 atom stereocenters. The Morgan fingerprint density at radius 2 is 2.06 bits per heavy atom. The van der Waals surface area contributed by atoms with Gasteiger partial charge in [-0.05, 0) is 49.4 Å². The number of rotatable bonds is 6. The highest BCUT2D eigenvalue weighted by atomic mass is 19.1. The molecule has 1 aliphatic rings. The minimum absolute atomic E-state index is 0.111. The maximum atomic E-state index is 13.1. The van der Waals surface area contributed by atoms with E-state index in [1.165, 1.54) is 44.1 Å². The molecule has 0 amide bonds. The number of hydrogen-bond donors (Lipinski definition) is 1. The standard InChI is InChI=1S/C16H24FN/c1-13-11-15(8-9-16(13)17)12-18-10-4-7-14-5-2-3-6-14/h8-9,11,14,18H,2-7,10,12H2,1H3. The third-order valence-corrected chi connectivity index (χ3v) is 3.99. The van der Waals surface area contributed by atoms with Crippen molar-refractivity contribution in [2.45, 2.75) is 52.0 Å². The zero-order valence-electron chi connectivity index (χ0n) is 11.3. The molecular formula is C16H24FN. The van der Waals surface area contributed by atoms with Crippen molar-refractivity contribution in [3.63, 3.8) is 0 Å². The SMILES string of the molecule is Cc1cc(CNCCCC2CCCC2)ccc1F. The van der Waals surface area contributed by atoms with E-state index in [9.17, 15) is 4.39 Å². The van der Waals surface area contributed by atoms with E-state index in [1.54, 1.807) is 6.07 Å². The molecule has 0 unspecified atom stereocenters. The number of benzene rings is 1. The van der Waals surface area contributed by atoms with Crippen LogP contribution < -0.4 is 5.32 Å². The maximum absolute atomic E-state index is 13.1. The number of halogens is 1. The van der Waals surface area contributed by atoms with Crippen LogP contribution in [-0.2, 0) is 6.54 Å². The summed E-state index contributed by atoms with van der Waals surface area (Å²) >= 11 is 0. The molecule has 0 heterocycles. The summed E-state index contributed by atoms with van der Waals surface area (Å²) < 4.78 is 13.1. The van der Waals surface area contributed by atoms with E-state index in [0.717, 1.165) is 24.6 Å². The van der Waals surface area contributed by atoms with Gasteiger partial charge in [-0.25, -0.2) is 4.39 Å². The molecule has 1 aliphatic carbocycles. The quantitative estimate of drug-likeness (QED) is 0.745. The first-order chi connectivity index (χ1) is 8.75. The lowest BCUT2D eigenvalue weighted by atomic mass is 10.0. The smallest absolute Gasteiger partial charge is 0.126 e. The number of aryl methyl sites for hydroxylation is 1. The van der Waals surface area contributed by atoms with E-state index >= 15 is 0 Å². The molecule has 0 bridgehead atoms. The van der Waals surface area contributed by atoms with Gasteiger partial charge in [0.15, 0.2) is 0 Å². The summed E-state index contributed by atoms with van der Waals surface area (Å²) in [6.45, 7) is 3.75. The first kappa shape index (κ1) is 13.5. The number of hydrogen-bond acceptors (Lipinski definition) is 1. The summed E-state index contributed by atoms with van der Waals surface area (Å²) in [6.07, 6.45) is 8.40. The molecule has 18 heavy (non-hydrogen) atoms. The van der Waals surface area contributed by atoms with Crippen molar-refractivity contribution >= 4 is 0 Å². The molecule has 0 aromatic heterocycles. The van der Waals surface area contributed by atoms with E-state index in [2.05, 4.69) is 5.32 Å². The minimum Gasteiger partial charge on any atom is -0.313 e. The van der Waals surface area contributed by atoms with Crippen molar-refractivity contribution in [1.29, 1.82) is 0 Å². The Hall–Kier alpha value is -0.890. The molecule has 0 radical (unpaired) electrons. The highest BCUT2D eigenvalue weighted by Crippen LogP contribution is 2.28. The minimum atomic E-state index is -0.111. The van der Waals surface area contributed by atoms with Crippen LogP contribution in [0.2, 0.25) is 0 Å². The Morgan fingerprint density at radius 3 is 2.78 bits per heavy atom. The fraction of sp³-hybridized carbons (Fsp3) is 0.625. The fourth-order valence-electron chi connectivity index (χ4n) is 2.86. The third-order valence-electron chi connectivity index (χ3n) is 3.99. The lowest BCUT2D eigenvalue weighted by Crippen LogP contribution is -2.15. The van der Waals surface area contributed by atoms with Crippen molar-refractivity contribution < 1.29 is 4.39 Å². The molecule has 1 N–H and O–H groups in total. The summed E-state index contributed by atoms with van der Waals surface area (Å²) in [6, 6.07) is 5.36. The zero-order valence-corrected chi connectivity index (χ0v) is 11.3. The molecular weight excluding hydrogens is 225 g/mol. The lowest BCUT2D eigenvalue weighted by molar-refractivity contribution is 0.470. The molecule has 1 fully saturated rings. The average molecular weight is 249 g/mol. The first-order valence-corrected chi connectivity index (χ1v) is 7.21. The Bertz CT molecular complexity index is 369. The van der Waals surface area contributed by atoms with Gasteiger partial charge in [0.25, 0.3) is 0 Å². The molecule has 100 valence electrons. The van der Waals surface area contributed by atoms with Crippen molar-refractivity contribution in [1.82, 2.24) is 5.32 Å². The van der Waals surface area contributed by atoms with Gasteiger partial charge in [-0.15, -0.1) is 0 Å². The Balaban J connectivity index is 1.61. The average Bonchev–Trinajstić information content (AvgIpc) is 2.86. The monoisotopic (exact) mass is 249 g/mol. The lowest BCUT2D eigenvalue weighted by Gasteiger charge is -2.09. The van der Waals surface area contributed by atoms with Crippen LogP contribution in [0.25, 0.3) is 0 Å². The van der Waals surface area contributed by atoms with Gasteiger partial charge in [-0.3, -0.25) is 0 Å². The van der Waals surface area contributed by atoms with E-state index in [-0.39, 0.29) is 5.82 Å². The van der Waals surface area contributed by atoms with Crippen molar-refractivity contribution in [3.05, 3.63) is 35.1 Å². The van der Waals surface area contributed by atoms with Crippen LogP contribution in [0.3, 0.4) is 0 Å². The van der Waals surface area contributed by atoms with Crippen molar-refractivity contribution in [2.75, 3.05) is 6.54 Å². The van der Waals surface area contributed by atoms with Crippen LogP contribution >= 0.6 is 0 Å². The Morgan fingerprint density at radius 1 is 1.28 bits per heavy atom. The van der Waals surface area contributed by atoms with Gasteiger partial charge in [0, 0.05) is 6.54 Å². The van der Waals surface area contributed by atoms with Crippen LogP contribution in [0, 0.1) is 18.7 Å². The topological polar surface area (TPSA) is 12.0 Å². The Labute approximate surface area is 110 Å². The largest absolute Gasteiger partial charge is 0.313 e. The summed E-state index contributed by atoms with van der Waals surface area (Å²) in [7, 11) is 0. The van der Waals surface area contributed by atoms with E-state index in [1.807, 2.05) is 19.1 Å². The van der Waals surface area contributed by atoms with Crippen molar-refractivity contribution in [3.8, 4) is 0 Å². The first-order valence-electron chi connectivity index (χ1n) is 7.21. The van der Waals surface area contributed by atoms with Gasteiger partial charge in [0.2, 0.25) is 0 Å². The molecule has 0 saturated heterocycles. The van der Waals surface area contributed by atoms with Crippen LogP contribution in [-0.4, -0.2) is 6.54 Å². The van der Waals surface area contributed by atoms with Gasteiger partial charge in [-0.2, -0.15) is 0 Å². The predicted molar refractivity (Wildman–Crippen MR) is 74.0 cm³/mol. The molecule has 1 aromatic rings. The molecule has 1 saturated carbocycles. The third kappa shape index (κ3) is 4.09. The summed E-state index contributed by atoms with van der Waals surface area (Å²) in [5.74, 6) is 0.875. The van der Waals surface area contributed by atoms with E-state index in [0.29, 0.717) is 0 Å². The second-order valence-electron chi connectivity index (χ2n) is 5.55. The predicted octanol–water partition coefficient (Wildman–Crippen LogP) is 4.19. The van der Waals surface area contributed by atoms with Gasteiger partial charge in [0.05, 0.1) is 0 Å².